The van der Waals surface area contributed by atoms with E-state index in [0.717, 1.165) is 41.5 Å². The number of aryl methyl sites for hydroxylation is 2. The van der Waals surface area contributed by atoms with Gasteiger partial charge in [0.15, 0.2) is 0 Å². The number of hydrogen-bond donors (Lipinski definition) is 2. The second-order valence-corrected chi connectivity index (χ2v) is 6.34. The number of carbonyl (C=O) groups is 1. The van der Waals surface area contributed by atoms with Crippen LogP contribution in [0, 0.1) is 6.92 Å². The number of carboxylic acids is 1. The maximum absolute atomic E-state index is 11.5. The molecule has 0 aliphatic rings. The third-order valence-corrected chi connectivity index (χ3v) is 4.63. The minimum absolute atomic E-state index is 0.103. The number of hydrogen-bond acceptors (Lipinski definition) is 2. The zero-order valence-electron chi connectivity index (χ0n) is 14.7. The Hall–Kier alpha value is -2.13. The molecule has 2 N–H and O–H groups in total. The Labute approximate surface area is 144 Å². The molecule has 128 valence electrons. The van der Waals surface area contributed by atoms with Crippen LogP contribution >= 0.6 is 0 Å². The first-order valence-corrected chi connectivity index (χ1v) is 8.54. The Bertz CT molecular complexity index is 719. The molecule has 0 aliphatic heterocycles. The van der Waals surface area contributed by atoms with Gasteiger partial charge in [0.1, 0.15) is 0 Å². The number of aliphatic carboxylic acids is 1. The summed E-state index contributed by atoms with van der Waals surface area (Å²) < 4.78 is 0. The first-order chi connectivity index (χ1) is 11.5. The standard InChI is InChI=1S/C21H26O3/c1-4-5-7-16-12-17(11-10-14(16)2)20-18(13-22)8-6-9-19(20)15(3)21(23)24/h6,8-12,15,22H,4-5,7,13H2,1-3H3,(H,23,24). The Morgan fingerprint density at radius 3 is 2.54 bits per heavy atom. The summed E-state index contributed by atoms with van der Waals surface area (Å²) >= 11 is 0. The number of benzene rings is 2. The van der Waals surface area contributed by atoms with Gasteiger partial charge in [-0.25, -0.2) is 0 Å². The minimum Gasteiger partial charge on any atom is -0.481 e. The molecule has 3 heteroatoms. The van der Waals surface area contributed by atoms with E-state index in [-0.39, 0.29) is 6.61 Å². The Morgan fingerprint density at radius 2 is 1.92 bits per heavy atom. The van der Waals surface area contributed by atoms with Crippen molar-refractivity contribution in [3.05, 3.63) is 58.7 Å². The van der Waals surface area contributed by atoms with E-state index in [9.17, 15) is 15.0 Å². The van der Waals surface area contributed by atoms with Crippen LogP contribution in [0.5, 0.6) is 0 Å². The number of rotatable bonds is 7. The second-order valence-electron chi connectivity index (χ2n) is 6.34. The maximum Gasteiger partial charge on any atom is 0.310 e. The highest BCUT2D eigenvalue weighted by atomic mass is 16.4. The Morgan fingerprint density at radius 1 is 1.17 bits per heavy atom. The fraction of sp³-hybridized carbons (Fsp3) is 0.381. The highest BCUT2D eigenvalue weighted by molar-refractivity contribution is 5.82. The van der Waals surface area contributed by atoms with Crippen LogP contribution in [0.15, 0.2) is 36.4 Å². The molecule has 0 aromatic heterocycles. The zero-order chi connectivity index (χ0) is 17.7. The molecule has 0 saturated heterocycles. The predicted molar refractivity (Wildman–Crippen MR) is 97.2 cm³/mol. The lowest BCUT2D eigenvalue weighted by Gasteiger charge is -2.18. The molecular weight excluding hydrogens is 300 g/mol. The molecule has 0 radical (unpaired) electrons. The topological polar surface area (TPSA) is 57.5 Å². The van der Waals surface area contributed by atoms with Crippen molar-refractivity contribution in [2.45, 2.75) is 52.6 Å². The molecule has 1 atom stereocenters. The van der Waals surface area contributed by atoms with Crippen LogP contribution < -0.4 is 0 Å². The van der Waals surface area contributed by atoms with Gasteiger partial charge < -0.3 is 10.2 Å². The summed E-state index contributed by atoms with van der Waals surface area (Å²) in [5.74, 6) is -1.48. The normalized spacial score (nSPS) is 12.2. The highest BCUT2D eigenvalue weighted by Crippen LogP contribution is 2.34. The molecule has 1 unspecified atom stereocenters. The molecule has 3 nitrogen and oxygen atoms in total. The second kappa shape index (κ2) is 8.11. The van der Waals surface area contributed by atoms with E-state index in [0.29, 0.717) is 0 Å². The van der Waals surface area contributed by atoms with Crippen molar-refractivity contribution in [3.63, 3.8) is 0 Å². The summed E-state index contributed by atoms with van der Waals surface area (Å²) in [6.45, 7) is 5.86. The van der Waals surface area contributed by atoms with Gasteiger partial charge in [-0.1, -0.05) is 49.7 Å². The quantitative estimate of drug-likeness (QED) is 0.776. The van der Waals surface area contributed by atoms with E-state index in [1.807, 2.05) is 24.3 Å². The van der Waals surface area contributed by atoms with E-state index in [2.05, 4.69) is 26.0 Å². The van der Waals surface area contributed by atoms with E-state index in [1.165, 1.54) is 11.1 Å². The average Bonchev–Trinajstić information content (AvgIpc) is 2.59. The van der Waals surface area contributed by atoms with Crippen LogP contribution in [0.1, 0.15) is 54.9 Å². The van der Waals surface area contributed by atoms with Crippen molar-refractivity contribution in [2.75, 3.05) is 0 Å². The van der Waals surface area contributed by atoms with Gasteiger partial charge in [-0.3, -0.25) is 4.79 Å². The predicted octanol–water partition coefficient (Wildman–Crippen LogP) is 4.69. The summed E-state index contributed by atoms with van der Waals surface area (Å²) in [5.41, 5.74) is 5.90. The summed E-state index contributed by atoms with van der Waals surface area (Å²) in [5, 5.41) is 19.2. The van der Waals surface area contributed by atoms with Crippen LogP contribution in [0.4, 0.5) is 0 Å². The third kappa shape index (κ3) is 3.85. The molecule has 0 saturated carbocycles. The van der Waals surface area contributed by atoms with Gasteiger partial charge in [-0.15, -0.1) is 0 Å². The van der Waals surface area contributed by atoms with Crippen LogP contribution in [0.3, 0.4) is 0 Å². The molecule has 24 heavy (non-hydrogen) atoms. The van der Waals surface area contributed by atoms with Crippen molar-refractivity contribution >= 4 is 5.97 Å². The number of unbranched alkanes of at least 4 members (excludes halogenated alkanes) is 1. The number of carboxylic acid groups (broad SMARTS) is 1. The largest absolute Gasteiger partial charge is 0.481 e. The van der Waals surface area contributed by atoms with Crippen LogP contribution in [-0.4, -0.2) is 16.2 Å². The maximum atomic E-state index is 11.5. The van der Waals surface area contributed by atoms with Gasteiger partial charge in [0.05, 0.1) is 12.5 Å². The molecular formula is C21H26O3. The first kappa shape index (κ1) is 18.2. The first-order valence-electron chi connectivity index (χ1n) is 8.54. The molecule has 2 aromatic carbocycles. The van der Waals surface area contributed by atoms with Crippen LogP contribution in [0.25, 0.3) is 11.1 Å². The Balaban J connectivity index is 2.60. The lowest BCUT2D eigenvalue weighted by atomic mass is 9.86. The molecule has 2 aromatic rings. The van der Waals surface area contributed by atoms with Crippen molar-refractivity contribution < 1.29 is 15.0 Å². The summed E-state index contributed by atoms with van der Waals surface area (Å²) in [6.07, 6.45) is 3.28. The van der Waals surface area contributed by atoms with Gasteiger partial charge in [-0.2, -0.15) is 0 Å². The highest BCUT2D eigenvalue weighted by Gasteiger charge is 2.20. The van der Waals surface area contributed by atoms with E-state index in [4.69, 9.17) is 0 Å². The molecule has 0 fully saturated rings. The lowest BCUT2D eigenvalue weighted by molar-refractivity contribution is -0.138. The fourth-order valence-corrected chi connectivity index (χ4v) is 3.06. The monoisotopic (exact) mass is 326 g/mol. The van der Waals surface area contributed by atoms with Crippen molar-refractivity contribution in [1.29, 1.82) is 0 Å². The minimum atomic E-state index is -0.857. The zero-order valence-corrected chi connectivity index (χ0v) is 14.7. The van der Waals surface area contributed by atoms with Crippen molar-refractivity contribution in [2.24, 2.45) is 0 Å². The molecule has 2 rings (SSSR count). The summed E-state index contributed by atoms with van der Waals surface area (Å²) in [7, 11) is 0. The van der Waals surface area contributed by atoms with E-state index in [1.54, 1.807) is 6.92 Å². The summed E-state index contributed by atoms with van der Waals surface area (Å²) in [4.78, 5) is 11.5. The molecule has 0 aliphatic carbocycles. The van der Waals surface area contributed by atoms with Crippen molar-refractivity contribution in [1.82, 2.24) is 0 Å². The smallest absolute Gasteiger partial charge is 0.310 e. The van der Waals surface area contributed by atoms with Gasteiger partial charge >= 0.3 is 5.97 Å². The fourth-order valence-electron chi connectivity index (χ4n) is 3.06. The van der Waals surface area contributed by atoms with Gasteiger partial charge in [0.25, 0.3) is 0 Å². The molecule has 0 amide bonds. The Kier molecular flexibility index (Phi) is 6.16. The van der Waals surface area contributed by atoms with Gasteiger partial charge in [0.2, 0.25) is 0 Å². The van der Waals surface area contributed by atoms with Crippen molar-refractivity contribution in [3.8, 4) is 11.1 Å². The number of aliphatic hydroxyl groups excluding tert-OH is 1. The average molecular weight is 326 g/mol. The summed E-state index contributed by atoms with van der Waals surface area (Å²) in [6, 6.07) is 11.8. The lowest BCUT2D eigenvalue weighted by Crippen LogP contribution is -2.10. The molecule has 0 heterocycles. The van der Waals surface area contributed by atoms with E-state index >= 15 is 0 Å². The third-order valence-electron chi connectivity index (χ3n) is 4.63. The number of aliphatic hydroxyl groups is 1. The van der Waals surface area contributed by atoms with Gasteiger partial charge in [-0.05, 0) is 60.1 Å². The van der Waals surface area contributed by atoms with Crippen LogP contribution in [-0.2, 0) is 17.8 Å². The molecule has 0 bridgehead atoms. The van der Waals surface area contributed by atoms with E-state index < -0.39 is 11.9 Å². The molecule has 0 spiro atoms. The van der Waals surface area contributed by atoms with Gasteiger partial charge in [0, 0.05) is 0 Å². The SMILES string of the molecule is CCCCc1cc(-c2c(CO)cccc2C(C)C(=O)O)ccc1C. The van der Waals surface area contributed by atoms with Crippen LogP contribution in [0.2, 0.25) is 0 Å².